The van der Waals surface area contributed by atoms with Crippen molar-refractivity contribution >= 4 is 35.0 Å². The second-order valence-electron chi connectivity index (χ2n) is 13.1. The Kier molecular flexibility index (Phi) is 10.1. The van der Waals surface area contributed by atoms with E-state index in [0.29, 0.717) is 36.7 Å². The van der Waals surface area contributed by atoms with Gasteiger partial charge in [-0.2, -0.15) is 4.98 Å². The summed E-state index contributed by atoms with van der Waals surface area (Å²) in [4.78, 5) is 40.3. The Morgan fingerprint density at radius 3 is 2.58 bits per heavy atom. The van der Waals surface area contributed by atoms with Crippen molar-refractivity contribution in [1.29, 1.82) is 0 Å². The van der Waals surface area contributed by atoms with Gasteiger partial charge < -0.3 is 40.9 Å². The van der Waals surface area contributed by atoms with Crippen molar-refractivity contribution in [2.24, 2.45) is 5.73 Å². The minimum absolute atomic E-state index is 0.0987. The van der Waals surface area contributed by atoms with Crippen LogP contribution in [-0.4, -0.2) is 89.3 Å². The molecule has 3 aliphatic rings. The van der Waals surface area contributed by atoms with Crippen molar-refractivity contribution in [2.45, 2.75) is 102 Å². The van der Waals surface area contributed by atoms with Gasteiger partial charge in [0.15, 0.2) is 5.82 Å². The lowest BCUT2D eigenvalue weighted by molar-refractivity contribution is -0.143. The summed E-state index contributed by atoms with van der Waals surface area (Å²) in [6.45, 7) is 8.31. The Morgan fingerprint density at radius 1 is 1.22 bits per heavy atom. The topological polar surface area (TPSA) is 149 Å². The zero-order valence-corrected chi connectivity index (χ0v) is 27.4. The number of methoxy groups -OCH3 is 1. The van der Waals surface area contributed by atoms with Crippen LogP contribution in [0.5, 0.6) is 5.75 Å². The number of nitrogens with two attached hydrogens (primary N) is 1. The molecular formula is C33H50N8O4. The van der Waals surface area contributed by atoms with Gasteiger partial charge in [0, 0.05) is 31.7 Å². The van der Waals surface area contributed by atoms with Crippen molar-refractivity contribution in [3.8, 4) is 5.75 Å². The number of fused-ring (bicyclic) bond motifs is 1. The van der Waals surface area contributed by atoms with E-state index in [1.807, 2.05) is 19.2 Å². The molecule has 2 aliphatic heterocycles. The van der Waals surface area contributed by atoms with Crippen LogP contribution in [0.1, 0.15) is 83.7 Å². The number of ether oxygens (including phenoxy) is 1. The third kappa shape index (κ3) is 7.18. The second kappa shape index (κ2) is 13.9. The first kappa shape index (κ1) is 32.9. The smallest absolute Gasteiger partial charge is 0.323 e. The van der Waals surface area contributed by atoms with Crippen LogP contribution in [0.25, 0.3) is 0 Å². The molecule has 3 heterocycles. The Morgan fingerprint density at radius 2 is 1.93 bits per heavy atom. The third-order valence-electron chi connectivity index (χ3n) is 9.89. The summed E-state index contributed by atoms with van der Waals surface area (Å²) in [5.74, 6) is 1.12. The van der Waals surface area contributed by atoms with Crippen molar-refractivity contribution in [1.82, 2.24) is 20.2 Å². The van der Waals surface area contributed by atoms with E-state index in [9.17, 15) is 14.7 Å². The molecule has 1 amide bonds. The Hall–Kier alpha value is -3.48. The van der Waals surface area contributed by atoms with Crippen LogP contribution in [0, 0.1) is 0 Å². The number of carboxylic acid groups (broad SMARTS) is 1. The van der Waals surface area contributed by atoms with Crippen LogP contribution >= 0.6 is 0 Å². The first-order valence-corrected chi connectivity index (χ1v) is 16.4. The molecule has 0 radical (unpaired) electrons. The van der Waals surface area contributed by atoms with Gasteiger partial charge >= 0.3 is 5.97 Å². The minimum atomic E-state index is -1.19. The summed E-state index contributed by atoms with van der Waals surface area (Å²) in [7, 11) is 3.47. The number of anilines is 4. The molecule has 1 saturated heterocycles. The van der Waals surface area contributed by atoms with E-state index >= 15 is 0 Å². The van der Waals surface area contributed by atoms with Crippen LogP contribution in [0.2, 0.25) is 0 Å². The largest absolute Gasteiger partial charge is 0.495 e. The Balaban J connectivity index is 1.24. The lowest BCUT2D eigenvalue weighted by atomic mass is 9.97. The molecule has 5 rings (SSSR count). The zero-order chi connectivity index (χ0) is 32.3. The predicted molar refractivity (Wildman–Crippen MR) is 176 cm³/mol. The van der Waals surface area contributed by atoms with E-state index in [4.69, 9.17) is 15.5 Å². The number of carbonyl (C=O) groups is 2. The third-order valence-corrected chi connectivity index (χ3v) is 9.89. The summed E-state index contributed by atoms with van der Waals surface area (Å²) in [6, 6.07) is 6.71. The fourth-order valence-electron chi connectivity index (χ4n) is 6.91. The van der Waals surface area contributed by atoms with Crippen molar-refractivity contribution in [3.05, 3.63) is 30.0 Å². The number of benzene rings is 1. The molecule has 2 aromatic rings. The van der Waals surface area contributed by atoms with Crippen molar-refractivity contribution in [3.63, 3.8) is 0 Å². The zero-order valence-electron chi connectivity index (χ0n) is 27.4. The molecule has 1 aromatic heterocycles. The Bertz CT molecular complexity index is 1360. The first-order valence-electron chi connectivity index (χ1n) is 16.4. The van der Waals surface area contributed by atoms with Crippen LogP contribution in [-0.2, 0) is 9.59 Å². The minimum Gasteiger partial charge on any atom is -0.495 e. The highest BCUT2D eigenvalue weighted by atomic mass is 16.5. The quantitative estimate of drug-likeness (QED) is 0.272. The number of rotatable bonds is 12. The molecular weight excluding hydrogens is 572 g/mol. The van der Waals surface area contributed by atoms with Gasteiger partial charge in [-0.15, -0.1) is 0 Å². The molecule has 1 aromatic carbocycles. The number of piperidine rings is 1. The molecule has 5 N–H and O–H groups in total. The first-order chi connectivity index (χ1) is 21.5. The van der Waals surface area contributed by atoms with Gasteiger partial charge in [-0.3, -0.25) is 9.59 Å². The summed E-state index contributed by atoms with van der Waals surface area (Å²) in [6.07, 6.45) is 9.37. The number of likely N-dealkylation sites (N-methyl/N-ethyl adjacent to an activating group) is 1. The van der Waals surface area contributed by atoms with Crippen molar-refractivity contribution in [2.75, 3.05) is 48.9 Å². The van der Waals surface area contributed by atoms with E-state index in [2.05, 4.69) is 45.3 Å². The average molecular weight is 623 g/mol. The molecule has 3 unspecified atom stereocenters. The van der Waals surface area contributed by atoms with E-state index < -0.39 is 11.5 Å². The number of nitrogens with zero attached hydrogens (tertiary/aromatic N) is 5. The molecule has 0 bridgehead atoms. The summed E-state index contributed by atoms with van der Waals surface area (Å²) in [5, 5.41) is 16.4. The number of carbonyl (C=O) groups excluding carboxylic acids is 1. The van der Waals surface area contributed by atoms with Gasteiger partial charge in [-0.05, 0) is 83.2 Å². The van der Waals surface area contributed by atoms with Crippen LogP contribution < -0.4 is 30.9 Å². The number of carboxylic acids is 1. The summed E-state index contributed by atoms with van der Waals surface area (Å²) in [5.41, 5.74) is 7.35. The molecule has 246 valence electrons. The lowest BCUT2D eigenvalue weighted by Gasteiger charge is -2.43. The maximum Gasteiger partial charge on any atom is 0.323 e. The second-order valence-corrected chi connectivity index (χ2v) is 13.1. The fraction of sp³-hybridized carbons (Fsp3) is 0.636. The van der Waals surface area contributed by atoms with Crippen LogP contribution in [0.15, 0.2) is 24.4 Å². The number of aliphatic carboxylic acids is 1. The van der Waals surface area contributed by atoms with Gasteiger partial charge in [-0.1, -0.05) is 25.8 Å². The summed E-state index contributed by atoms with van der Waals surface area (Å²) >= 11 is 0. The van der Waals surface area contributed by atoms with Gasteiger partial charge in [0.05, 0.1) is 19.0 Å². The normalized spacial score (nSPS) is 21.8. The Labute approximate surface area is 266 Å². The van der Waals surface area contributed by atoms with E-state index in [-0.39, 0.29) is 18.0 Å². The molecule has 12 heteroatoms. The fourth-order valence-corrected chi connectivity index (χ4v) is 6.91. The number of hydrogen-bond acceptors (Lipinski definition) is 10. The molecule has 3 atom stereocenters. The number of hydrogen-bond donors (Lipinski definition) is 4. The highest BCUT2D eigenvalue weighted by molar-refractivity contribution is 6.04. The molecule has 0 spiro atoms. The molecule has 1 aliphatic carbocycles. The van der Waals surface area contributed by atoms with Crippen LogP contribution in [0.3, 0.4) is 0 Å². The van der Waals surface area contributed by atoms with E-state index in [1.54, 1.807) is 25.1 Å². The van der Waals surface area contributed by atoms with Gasteiger partial charge in [0.2, 0.25) is 11.9 Å². The van der Waals surface area contributed by atoms with E-state index in [0.717, 1.165) is 67.9 Å². The lowest BCUT2D eigenvalue weighted by Crippen LogP contribution is -2.55. The predicted octanol–water partition coefficient (Wildman–Crippen LogP) is 4.04. The highest BCUT2D eigenvalue weighted by Gasteiger charge is 2.41. The molecule has 1 saturated carbocycles. The van der Waals surface area contributed by atoms with Gasteiger partial charge in [0.1, 0.15) is 23.0 Å². The monoisotopic (exact) mass is 622 g/mol. The standard InChI is InChI=1S/C33H50N8O4/c1-6-26-30(42)39(4)27-20-35-32(38-29(27)41(26)24-9-7-8-10-24)37-25-12-11-22(19-28(25)45-5)21(2)36-23-13-16-40(17-14-23)18-15-33(3,34)31(43)44/h11-12,19-21,23-24,26,36H,6-10,13-18,34H2,1-5H3,(H,43,44)(H,35,37,38). The number of amides is 1. The van der Waals surface area contributed by atoms with E-state index in [1.165, 1.54) is 12.8 Å². The molecule has 45 heavy (non-hydrogen) atoms. The average Bonchev–Trinajstić information content (AvgIpc) is 3.57. The molecule has 2 fully saturated rings. The molecule has 12 nitrogen and oxygen atoms in total. The maximum absolute atomic E-state index is 13.2. The van der Waals surface area contributed by atoms with Gasteiger partial charge in [-0.25, -0.2) is 4.98 Å². The summed E-state index contributed by atoms with van der Waals surface area (Å²) < 4.78 is 5.80. The maximum atomic E-state index is 13.2. The van der Waals surface area contributed by atoms with Crippen LogP contribution in [0.4, 0.5) is 23.1 Å². The number of likely N-dealkylation sites (tertiary alicyclic amines) is 1. The highest BCUT2D eigenvalue weighted by Crippen LogP contribution is 2.40. The van der Waals surface area contributed by atoms with Gasteiger partial charge in [0.25, 0.3) is 0 Å². The SMILES string of the molecule is CCC1C(=O)N(C)c2cnc(Nc3ccc(C(C)NC4CCN(CCC(C)(N)C(=O)O)CC4)cc3OC)nc2N1C1CCCC1. The number of nitrogens with one attached hydrogen (secondary N) is 2. The number of aromatic nitrogens is 2. The van der Waals surface area contributed by atoms with Crippen molar-refractivity contribution < 1.29 is 19.4 Å².